The lowest BCUT2D eigenvalue weighted by Crippen LogP contribution is -2.54. The molecule has 4 aliphatic rings. The van der Waals surface area contributed by atoms with E-state index >= 15 is 0 Å². The van der Waals surface area contributed by atoms with Gasteiger partial charge in [-0.1, -0.05) is 0 Å². The van der Waals surface area contributed by atoms with Crippen molar-refractivity contribution in [2.45, 2.75) is 44.1 Å². The smallest absolute Gasteiger partial charge is 0.223 e. The zero-order chi connectivity index (χ0) is 13.0. The second kappa shape index (κ2) is 3.74. The van der Waals surface area contributed by atoms with Crippen LogP contribution in [0.5, 0.6) is 0 Å². The van der Waals surface area contributed by atoms with Gasteiger partial charge in [-0.15, -0.1) is 0 Å². The van der Waals surface area contributed by atoms with Crippen LogP contribution in [0.4, 0.5) is 17.6 Å². The van der Waals surface area contributed by atoms with Crippen LogP contribution in [0.2, 0.25) is 0 Å². The summed E-state index contributed by atoms with van der Waals surface area (Å²) >= 11 is 0. The van der Waals surface area contributed by atoms with Crippen molar-refractivity contribution in [3.8, 4) is 0 Å². The monoisotopic (exact) mass is 259 g/mol. The number of nitrogens with one attached hydrogen (secondary N) is 1. The van der Waals surface area contributed by atoms with Gasteiger partial charge in [0.25, 0.3) is 0 Å². The van der Waals surface area contributed by atoms with Crippen molar-refractivity contribution in [3.05, 3.63) is 6.07 Å². The topological polar surface area (TPSA) is 89.8 Å². The molecule has 0 aliphatic heterocycles. The molecule has 0 spiro atoms. The number of anilines is 3. The van der Waals surface area contributed by atoms with E-state index in [1.807, 2.05) is 0 Å². The summed E-state index contributed by atoms with van der Waals surface area (Å²) in [5.74, 6) is 4.24. The Kier molecular flexibility index (Phi) is 2.23. The average Bonchev–Trinajstić information content (AvgIpc) is 2.23. The third kappa shape index (κ3) is 1.91. The predicted molar refractivity (Wildman–Crippen MR) is 75.4 cm³/mol. The molecule has 5 N–H and O–H groups in total. The van der Waals surface area contributed by atoms with Crippen LogP contribution in [-0.4, -0.2) is 15.5 Å². The van der Waals surface area contributed by atoms with Crippen LogP contribution in [0.1, 0.15) is 38.5 Å². The second-order valence-corrected chi connectivity index (χ2v) is 6.86. The fraction of sp³-hybridized carbons (Fsp3) is 0.714. The summed E-state index contributed by atoms with van der Waals surface area (Å²) in [6, 6.07) is 1.80. The van der Waals surface area contributed by atoms with Crippen LogP contribution in [0.15, 0.2) is 6.07 Å². The zero-order valence-corrected chi connectivity index (χ0v) is 11.1. The summed E-state index contributed by atoms with van der Waals surface area (Å²) in [7, 11) is 0. The lowest BCUT2D eigenvalue weighted by Gasteiger charge is -2.57. The number of hydrogen-bond acceptors (Lipinski definition) is 5. The van der Waals surface area contributed by atoms with Crippen molar-refractivity contribution in [1.82, 2.24) is 9.97 Å². The van der Waals surface area contributed by atoms with Gasteiger partial charge in [-0.2, -0.15) is 9.97 Å². The summed E-state index contributed by atoms with van der Waals surface area (Å²) in [5.41, 5.74) is 11.7. The molecule has 4 saturated carbocycles. The molecule has 1 aromatic rings. The summed E-state index contributed by atoms with van der Waals surface area (Å²) in [4.78, 5) is 8.22. The van der Waals surface area contributed by atoms with Gasteiger partial charge in [0.2, 0.25) is 5.95 Å². The first-order chi connectivity index (χ1) is 9.10. The van der Waals surface area contributed by atoms with E-state index in [0.717, 1.165) is 23.6 Å². The Balaban J connectivity index is 1.62. The quantitative estimate of drug-likeness (QED) is 0.756. The maximum absolute atomic E-state index is 5.76. The fourth-order valence-electron chi connectivity index (χ4n) is 5.08. The van der Waals surface area contributed by atoms with Gasteiger partial charge in [0, 0.05) is 11.6 Å². The number of aromatic nitrogens is 2. The van der Waals surface area contributed by atoms with Crippen LogP contribution in [-0.2, 0) is 0 Å². The van der Waals surface area contributed by atoms with E-state index in [2.05, 4.69) is 15.3 Å². The van der Waals surface area contributed by atoms with Crippen LogP contribution in [0.3, 0.4) is 0 Å². The normalized spacial score (nSPS) is 39.5. The van der Waals surface area contributed by atoms with Crippen molar-refractivity contribution in [2.75, 3.05) is 16.8 Å². The first-order valence-corrected chi connectivity index (χ1v) is 7.28. The Labute approximate surface area is 113 Å². The second-order valence-electron chi connectivity index (χ2n) is 6.86. The van der Waals surface area contributed by atoms with Crippen LogP contribution in [0.25, 0.3) is 0 Å². The molecule has 1 aromatic heterocycles. The molecule has 4 bridgehead atoms. The van der Waals surface area contributed by atoms with E-state index in [4.69, 9.17) is 11.5 Å². The van der Waals surface area contributed by atoms with E-state index in [0.29, 0.717) is 5.82 Å². The molecule has 0 unspecified atom stereocenters. The Bertz CT molecular complexity index is 457. The van der Waals surface area contributed by atoms with Crippen LogP contribution < -0.4 is 16.8 Å². The SMILES string of the molecule is Nc1cc(NC23CC4CC(CC(C4)C2)C3)nc(N)n1. The van der Waals surface area contributed by atoms with Crippen LogP contribution >= 0.6 is 0 Å². The maximum Gasteiger partial charge on any atom is 0.223 e. The van der Waals surface area contributed by atoms with E-state index in [-0.39, 0.29) is 11.5 Å². The lowest BCUT2D eigenvalue weighted by molar-refractivity contribution is 0.0105. The average molecular weight is 259 g/mol. The van der Waals surface area contributed by atoms with Crippen molar-refractivity contribution in [2.24, 2.45) is 17.8 Å². The van der Waals surface area contributed by atoms with Gasteiger partial charge in [0.15, 0.2) is 0 Å². The summed E-state index contributed by atoms with van der Waals surface area (Å²) in [5, 5.41) is 3.66. The Morgan fingerprint density at radius 2 is 1.58 bits per heavy atom. The molecule has 0 radical (unpaired) electrons. The molecule has 5 heteroatoms. The van der Waals surface area contributed by atoms with Gasteiger partial charge < -0.3 is 16.8 Å². The largest absolute Gasteiger partial charge is 0.383 e. The van der Waals surface area contributed by atoms with E-state index in [9.17, 15) is 0 Å². The number of nitrogens with two attached hydrogens (primary N) is 2. The highest BCUT2D eigenvalue weighted by Crippen LogP contribution is 2.56. The highest BCUT2D eigenvalue weighted by atomic mass is 15.1. The zero-order valence-electron chi connectivity index (χ0n) is 11.1. The van der Waals surface area contributed by atoms with Gasteiger partial charge >= 0.3 is 0 Å². The number of nitrogen functional groups attached to an aromatic ring is 2. The third-order valence-corrected chi connectivity index (χ3v) is 5.19. The van der Waals surface area contributed by atoms with Crippen molar-refractivity contribution >= 4 is 17.6 Å². The Hall–Kier alpha value is -1.52. The Morgan fingerprint density at radius 1 is 1.00 bits per heavy atom. The van der Waals surface area contributed by atoms with Crippen LogP contribution in [0, 0.1) is 17.8 Å². The maximum atomic E-state index is 5.76. The van der Waals surface area contributed by atoms with Gasteiger partial charge in [-0.05, 0) is 56.3 Å². The molecule has 5 rings (SSSR count). The van der Waals surface area contributed by atoms with E-state index < -0.39 is 0 Å². The standard InChI is InChI=1S/C14H21N5/c15-11-4-12(18-13(16)17-11)19-14-5-8-1-9(6-14)3-10(2-8)7-14/h4,8-10H,1-3,5-7H2,(H5,15,16,17,18,19). The minimum atomic E-state index is 0.238. The molecule has 102 valence electrons. The van der Waals surface area contributed by atoms with E-state index in [1.165, 1.54) is 38.5 Å². The molecule has 0 aromatic carbocycles. The van der Waals surface area contributed by atoms with Crippen molar-refractivity contribution in [3.63, 3.8) is 0 Å². The molecule has 19 heavy (non-hydrogen) atoms. The molecule has 4 fully saturated rings. The fourth-order valence-corrected chi connectivity index (χ4v) is 5.08. The van der Waals surface area contributed by atoms with E-state index in [1.54, 1.807) is 6.07 Å². The number of rotatable bonds is 2. The lowest BCUT2D eigenvalue weighted by atomic mass is 9.53. The molecule has 1 heterocycles. The van der Waals surface area contributed by atoms with Gasteiger partial charge in [0.05, 0.1) is 0 Å². The molecule has 0 saturated heterocycles. The molecular weight excluding hydrogens is 238 g/mol. The molecular formula is C14H21N5. The van der Waals surface area contributed by atoms with Crippen molar-refractivity contribution in [1.29, 1.82) is 0 Å². The summed E-state index contributed by atoms with van der Waals surface area (Å²) < 4.78 is 0. The first kappa shape index (κ1) is 11.3. The predicted octanol–water partition coefficient (Wildman–Crippen LogP) is 2.02. The highest BCUT2D eigenvalue weighted by Gasteiger charge is 2.51. The summed E-state index contributed by atoms with van der Waals surface area (Å²) in [6.07, 6.45) is 8.16. The minimum absolute atomic E-state index is 0.238. The molecule has 0 amide bonds. The van der Waals surface area contributed by atoms with Crippen molar-refractivity contribution < 1.29 is 0 Å². The summed E-state index contributed by atoms with van der Waals surface area (Å²) in [6.45, 7) is 0. The Morgan fingerprint density at radius 3 is 2.11 bits per heavy atom. The molecule has 4 aliphatic carbocycles. The third-order valence-electron chi connectivity index (χ3n) is 5.19. The molecule has 0 atom stereocenters. The first-order valence-electron chi connectivity index (χ1n) is 7.28. The van der Waals surface area contributed by atoms with Gasteiger partial charge in [-0.25, -0.2) is 0 Å². The minimum Gasteiger partial charge on any atom is -0.383 e. The molecule has 5 nitrogen and oxygen atoms in total. The van der Waals surface area contributed by atoms with Gasteiger partial charge in [0.1, 0.15) is 11.6 Å². The highest BCUT2D eigenvalue weighted by molar-refractivity contribution is 5.50. The number of hydrogen-bond donors (Lipinski definition) is 3. The van der Waals surface area contributed by atoms with Gasteiger partial charge in [-0.3, -0.25) is 0 Å². The number of nitrogens with zero attached hydrogens (tertiary/aromatic N) is 2.